The highest BCUT2D eigenvalue weighted by Gasteiger charge is 2.45. The highest BCUT2D eigenvalue weighted by molar-refractivity contribution is 6.74. The molecule has 1 saturated heterocycles. The van der Waals surface area contributed by atoms with Crippen LogP contribution in [0.15, 0.2) is 0 Å². The van der Waals surface area contributed by atoms with Crippen molar-refractivity contribution < 1.29 is 19.1 Å². The van der Waals surface area contributed by atoms with Gasteiger partial charge in [0.25, 0.3) is 0 Å². The predicted octanol–water partition coefficient (Wildman–Crippen LogP) is 3.34. The van der Waals surface area contributed by atoms with E-state index in [0.29, 0.717) is 13.0 Å². The van der Waals surface area contributed by atoms with Crippen LogP contribution in [0.4, 0.5) is 4.79 Å². The second-order valence-electron chi connectivity index (χ2n) is 8.29. The van der Waals surface area contributed by atoms with Crippen LogP contribution in [0.2, 0.25) is 18.1 Å². The molecule has 1 aliphatic rings. The van der Waals surface area contributed by atoms with Crippen LogP contribution in [0.3, 0.4) is 0 Å². The van der Waals surface area contributed by atoms with Crippen molar-refractivity contribution in [1.82, 2.24) is 4.90 Å². The fourth-order valence-corrected chi connectivity index (χ4v) is 3.29. The van der Waals surface area contributed by atoms with Crippen molar-refractivity contribution in [3.05, 3.63) is 0 Å². The van der Waals surface area contributed by atoms with Crippen LogP contribution in [-0.4, -0.2) is 48.9 Å². The molecule has 1 fully saturated rings. The van der Waals surface area contributed by atoms with E-state index in [9.17, 15) is 9.90 Å². The van der Waals surface area contributed by atoms with E-state index in [1.807, 2.05) is 20.8 Å². The number of hydrogen-bond donors (Lipinski definition) is 1. The van der Waals surface area contributed by atoms with Crippen LogP contribution in [0, 0.1) is 0 Å². The van der Waals surface area contributed by atoms with Crippen molar-refractivity contribution in [3.63, 3.8) is 0 Å². The van der Waals surface area contributed by atoms with Crippen molar-refractivity contribution in [1.29, 1.82) is 0 Å². The van der Waals surface area contributed by atoms with E-state index >= 15 is 0 Å². The molecule has 5 nitrogen and oxygen atoms in total. The molecule has 1 aliphatic heterocycles. The summed E-state index contributed by atoms with van der Waals surface area (Å²) in [6.45, 7) is 16.7. The topological polar surface area (TPSA) is 59.0 Å². The minimum absolute atomic E-state index is 0.0755. The first-order chi connectivity index (χ1) is 9.24. The number of aliphatic hydroxyl groups excluding tert-OH is 1. The molecule has 0 aromatic rings. The number of nitrogens with zero attached hydrogens (tertiary/aromatic N) is 1. The second kappa shape index (κ2) is 5.89. The van der Waals surface area contributed by atoms with Gasteiger partial charge in [0, 0.05) is 6.54 Å². The van der Waals surface area contributed by atoms with Crippen LogP contribution in [0.5, 0.6) is 0 Å². The lowest BCUT2D eigenvalue weighted by atomic mass is 10.2. The summed E-state index contributed by atoms with van der Waals surface area (Å²) in [5.41, 5.74) is -0.560. The van der Waals surface area contributed by atoms with Gasteiger partial charge in [-0.3, -0.25) is 4.90 Å². The van der Waals surface area contributed by atoms with Gasteiger partial charge in [0.1, 0.15) is 5.60 Å². The summed E-state index contributed by atoms with van der Waals surface area (Å²) >= 11 is 0. The van der Waals surface area contributed by atoms with E-state index in [2.05, 4.69) is 33.9 Å². The summed E-state index contributed by atoms with van der Waals surface area (Å²) in [4.78, 5) is 13.4. The summed E-state index contributed by atoms with van der Waals surface area (Å²) in [7, 11) is -1.96. The molecule has 0 spiro atoms. The Labute approximate surface area is 129 Å². The lowest BCUT2D eigenvalue weighted by Gasteiger charge is -2.39. The highest BCUT2D eigenvalue weighted by atomic mass is 28.4. The van der Waals surface area contributed by atoms with Gasteiger partial charge >= 0.3 is 6.09 Å². The minimum atomic E-state index is -1.96. The summed E-state index contributed by atoms with van der Waals surface area (Å²) in [5, 5.41) is 10.4. The molecule has 1 amide bonds. The van der Waals surface area contributed by atoms with Gasteiger partial charge in [-0.15, -0.1) is 0 Å². The lowest BCUT2D eigenvalue weighted by molar-refractivity contribution is -0.0449. The molecular formula is C15H31NO4Si. The normalized spacial score (nSPS) is 24.3. The molecule has 1 heterocycles. The summed E-state index contributed by atoms with van der Waals surface area (Å²) < 4.78 is 11.5. The Morgan fingerprint density at radius 1 is 1.19 bits per heavy atom. The third-order valence-corrected chi connectivity index (χ3v) is 8.69. The monoisotopic (exact) mass is 317 g/mol. The minimum Gasteiger partial charge on any atom is -0.444 e. The molecule has 0 saturated carbocycles. The molecule has 0 radical (unpaired) electrons. The quantitative estimate of drug-likeness (QED) is 0.794. The highest BCUT2D eigenvalue weighted by Crippen LogP contribution is 2.39. The molecule has 1 N–H and O–H groups in total. The zero-order valence-electron chi connectivity index (χ0n) is 14.7. The fraction of sp³-hybridized carbons (Fsp3) is 0.933. The van der Waals surface area contributed by atoms with Crippen LogP contribution >= 0.6 is 0 Å². The first kappa shape index (κ1) is 18.5. The van der Waals surface area contributed by atoms with Gasteiger partial charge in [-0.05, 0) is 45.3 Å². The van der Waals surface area contributed by atoms with Gasteiger partial charge < -0.3 is 14.3 Å². The fourth-order valence-electron chi connectivity index (χ4n) is 1.94. The Bertz CT molecular complexity index is 384. The van der Waals surface area contributed by atoms with Crippen molar-refractivity contribution >= 4 is 14.4 Å². The van der Waals surface area contributed by atoms with Crippen molar-refractivity contribution in [2.45, 2.75) is 84.0 Å². The number of ether oxygens (including phenoxy) is 1. The van der Waals surface area contributed by atoms with E-state index in [-0.39, 0.29) is 11.1 Å². The molecule has 0 aromatic heterocycles. The summed E-state index contributed by atoms with van der Waals surface area (Å²) in [5.74, 6) is 0. The first-order valence-electron chi connectivity index (χ1n) is 7.60. The van der Waals surface area contributed by atoms with E-state index in [0.717, 1.165) is 0 Å². The largest absolute Gasteiger partial charge is 0.444 e. The Hall–Kier alpha value is -0.593. The molecule has 1 unspecified atom stereocenters. The Balaban J connectivity index is 2.70. The Kier molecular flexibility index (Phi) is 5.18. The summed E-state index contributed by atoms with van der Waals surface area (Å²) in [6.07, 6.45) is -1.07. The maximum atomic E-state index is 12.1. The number of likely N-dealkylation sites (tertiary alicyclic amines) is 1. The molecule has 0 bridgehead atoms. The van der Waals surface area contributed by atoms with E-state index in [1.165, 1.54) is 4.90 Å². The Morgan fingerprint density at radius 3 is 2.14 bits per heavy atom. The maximum absolute atomic E-state index is 12.1. The van der Waals surface area contributed by atoms with Gasteiger partial charge in [-0.25, -0.2) is 4.79 Å². The van der Waals surface area contributed by atoms with E-state index < -0.39 is 26.2 Å². The zero-order valence-corrected chi connectivity index (χ0v) is 15.7. The third-order valence-electron chi connectivity index (χ3n) is 4.19. The molecular weight excluding hydrogens is 286 g/mol. The molecule has 124 valence electrons. The number of carbonyl (C=O) groups is 1. The Morgan fingerprint density at radius 2 is 1.71 bits per heavy atom. The molecule has 0 aliphatic carbocycles. The van der Waals surface area contributed by atoms with Gasteiger partial charge in [0.05, 0.1) is 6.10 Å². The number of rotatable bonds is 2. The lowest BCUT2D eigenvalue weighted by Crippen LogP contribution is -2.49. The SMILES string of the molecule is CC(C)(C)OC(=O)N1CC[C@H](O[Si](C)(C)C(C)(C)C)C1O. The van der Waals surface area contributed by atoms with Crippen molar-refractivity contribution in [2.24, 2.45) is 0 Å². The van der Waals surface area contributed by atoms with Crippen LogP contribution in [0.1, 0.15) is 48.0 Å². The number of amides is 1. The first-order valence-corrected chi connectivity index (χ1v) is 10.5. The summed E-state index contributed by atoms with van der Waals surface area (Å²) in [6, 6.07) is 0. The van der Waals surface area contributed by atoms with Crippen LogP contribution in [0.25, 0.3) is 0 Å². The molecule has 21 heavy (non-hydrogen) atoms. The van der Waals surface area contributed by atoms with Crippen molar-refractivity contribution in [2.75, 3.05) is 6.54 Å². The third kappa shape index (κ3) is 4.69. The van der Waals surface area contributed by atoms with Gasteiger partial charge in [0.15, 0.2) is 14.5 Å². The molecule has 2 atom stereocenters. The molecule has 1 rings (SSSR count). The van der Waals surface area contributed by atoms with Crippen LogP contribution in [-0.2, 0) is 9.16 Å². The van der Waals surface area contributed by atoms with Gasteiger partial charge in [-0.1, -0.05) is 20.8 Å². The van der Waals surface area contributed by atoms with Gasteiger partial charge in [0.2, 0.25) is 0 Å². The number of aliphatic hydroxyl groups is 1. The second-order valence-corrected chi connectivity index (χ2v) is 13.0. The molecule has 6 heteroatoms. The van der Waals surface area contributed by atoms with E-state index in [1.54, 1.807) is 0 Å². The smallest absolute Gasteiger partial charge is 0.412 e. The predicted molar refractivity (Wildman–Crippen MR) is 85.6 cm³/mol. The molecule has 0 aromatic carbocycles. The maximum Gasteiger partial charge on any atom is 0.412 e. The van der Waals surface area contributed by atoms with Crippen molar-refractivity contribution in [3.8, 4) is 0 Å². The van der Waals surface area contributed by atoms with E-state index in [4.69, 9.17) is 9.16 Å². The van der Waals surface area contributed by atoms with Crippen LogP contribution < -0.4 is 0 Å². The average Bonchev–Trinajstić information content (AvgIpc) is 2.55. The average molecular weight is 318 g/mol. The standard InChI is InChI=1S/C15H31NO4Si/c1-14(2,3)19-13(18)16-10-9-11(12(16)17)20-21(7,8)15(4,5)6/h11-12,17H,9-10H2,1-8H3/t11-,12?/m0/s1. The van der Waals surface area contributed by atoms with Gasteiger partial charge in [-0.2, -0.15) is 0 Å². The number of hydrogen-bond acceptors (Lipinski definition) is 4. The zero-order chi connectivity index (χ0) is 16.6. The number of carbonyl (C=O) groups excluding carboxylic acids is 1.